The molecular formula is C16H22N2O2. The molecule has 4 nitrogen and oxygen atoms in total. The van der Waals surface area contributed by atoms with Crippen LogP contribution in [0.2, 0.25) is 0 Å². The SMILES string of the molecule is CCCC(C)OCCCC(=O)Nc1ccccc1C#N. The molecule has 0 heterocycles. The highest BCUT2D eigenvalue weighted by Gasteiger charge is 2.06. The summed E-state index contributed by atoms with van der Waals surface area (Å²) in [5.41, 5.74) is 1.05. The summed E-state index contributed by atoms with van der Waals surface area (Å²) in [6, 6.07) is 9.05. The molecule has 0 bridgehead atoms. The van der Waals surface area contributed by atoms with Crippen LogP contribution in [0.4, 0.5) is 5.69 Å². The molecule has 1 aromatic carbocycles. The van der Waals surface area contributed by atoms with Gasteiger partial charge in [0.15, 0.2) is 0 Å². The highest BCUT2D eigenvalue weighted by molar-refractivity contribution is 5.92. The van der Waals surface area contributed by atoms with Gasteiger partial charge in [-0.1, -0.05) is 25.5 Å². The summed E-state index contributed by atoms with van der Waals surface area (Å²) < 4.78 is 5.60. The quantitative estimate of drug-likeness (QED) is 0.738. The maximum absolute atomic E-state index is 11.8. The number of rotatable bonds is 8. The van der Waals surface area contributed by atoms with Gasteiger partial charge in [-0.2, -0.15) is 5.26 Å². The van der Waals surface area contributed by atoms with Gasteiger partial charge in [-0.25, -0.2) is 0 Å². The average Bonchev–Trinajstić information content (AvgIpc) is 2.44. The molecule has 1 amide bonds. The van der Waals surface area contributed by atoms with Crippen LogP contribution in [0, 0.1) is 11.3 Å². The first-order chi connectivity index (χ1) is 9.67. The lowest BCUT2D eigenvalue weighted by Crippen LogP contribution is -2.14. The van der Waals surface area contributed by atoms with Crippen LogP contribution in [0.3, 0.4) is 0 Å². The summed E-state index contributed by atoms with van der Waals surface area (Å²) in [4.78, 5) is 11.8. The van der Waals surface area contributed by atoms with E-state index >= 15 is 0 Å². The van der Waals surface area contributed by atoms with Crippen molar-refractivity contribution in [3.63, 3.8) is 0 Å². The van der Waals surface area contributed by atoms with Crippen molar-refractivity contribution in [2.24, 2.45) is 0 Å². The number of anilines is 1. The van der Waals surface area contributed by atoms with Crippen LogP contribution >= 0.6 is 0 Å². The van der Waals surface area contributed by atoms with Crippen LogP contribution in [0.1, 0.15) is 45.1 Å². The average molecular weight is 274 g/mol. The minimum absolute atomic E-state index is 0.0838. The Labute approximate surface area is 120 Å². The molecular weight excluding hydrogens is 252 g/mol. The molecule has 1 rings (SSSR count). The summed E-state index contributed by atoms with van der Waals surface area (Å²) in [5.74, 6) is -0.0838. The van der Waals surface area contributed by atoms with Crippen LogP contribution in [-0.2, 0) is 9.53 Å². The van der Waals surface area contributed by atoms with Crippen LogP contribution < -0.4 is 5.32 Å². The third-order valence-corrected chi connectivity index (χ3v) is 2.97. The number of ether oxygens (including phenoxy) is 1. The smallest absolute Gasteiger partial charge is 0.224 e. The van der Waals surface area contributed by atoms with E-state index in [0.29, 0.717) is 30.7 Å². The molecule has 0 aliphatic carbocycles. The van der Waals surface area contributed by atoms with E-state index in [4.69, 9.17) is 10.00 Å². The van der Waals surface area contributed by atoms with Crippen molar-refractivity contribution in [1.29, 1.82) is 5.26 Å². The molecule has 0 saturated heterocycles. The topological polar surface area (TPSA) is 62.1 Å². The first kappa shape index (κ1) is 16.2. The Morgan fingerprint density at radius 1 is 1.45 bits per heavy atom. The fourth-order valence-corrected chi connectivity index (χ4v) is 1.91. The van der Waals surface area contributed by atoms with Crippen LogP contribution in [-0.4, -0.2) is 18.6 Å². The molecule has 108 valence electrons. The Bertz CT molecular complexity index is 466. The fraction of sp³-hybridized carbons (Fsp3) is 0.500. The molecule has 0 saturated carbocycles. The number of nitrogens with one attached hydrogen (secondary N) is 1. The number of amides is 1. The van der Waals surface area contributed by atoms with E-state index in [9.17, 15) is 4.79 Å². The number of hydrogen-bond acceptors (Lipinski definition) is 3. The zero-order valence-electron chi connectivity index (χ0n) is 12.2. The molecule has 1 unspecified atom stereocenters. The van der Waals surface area contributed by atoms with Gasteiger partial charge in [-0.15, -0.1) is 0 Å². The van der Waals surface area contributed by atoms with Crippen molar-refractivity contribution in [1.82, 2.24) is 0 Å². The lowest BCUT2D eigenvalue weighted by atomic mass is 10.2. The normalized spacial score (nSPS) is 11.7. The third-order valence-electron chi connectivity index (χ3n) is 2.97. The van der Waals surface area contributed by atoms with Crippen LogP contribution in [0.15, 0.2) is 24.3 Å². The van der Waals surface area contributed by atoms with Gasteiger partial charge in [-0.05, 0) is 31.9 Å². The van der Waals surface area contributed by atoms with Gasteiger partial charge in [0.2, 0.25) is 5.91 Å². The number of carbonyl (C=O) groups excluding carboxylic acids is 1. The van der Waals surface area contributed by atoms with Gasteiger partial charge in [0, 0.05) is 13.0 Å². The van der Waals surface area contributed by atoms with Crippen LogP contribution in [0.25, 0.3) is 0 Å². The Morgan fingerprint density at radius 2 is 2.20 bits per heavy atom. The molecule has 0 spiro atoms. The van der Waals surface area contributed by atoms with Crippen LogP contribution in [0.5, 0.6) is 0 Å². The Kier molecular flexibility index (Phi) is 7.38. The van der Waals surface area contributed by atoms with E-state index in [0.717, 1.165) is 12.8 Å². The maximum Gasteiger partial charge on any atom is 0.224 e. The maximum atomic E-state index is 11.8. The summed E-state index contributed by atoms with van der Waals surface area (Å²) >= 11 is 0. The van der Waals surface area contributed by atoms with Gasteiger partial charge in [0.05, 0.1) is 17.4 Å². The molecule has 0 radical (unpaired) electrons. The minimum Gasteiger partial charge on any atom is -0.378 e. The van der Waals surface area contributed by atoms with Gasteiger partial charge >= 0.3 is 0 Å². The highest BCUT2D eigenvalue weighted by atomic mass is 16.5. The molecule has 1 atom stereocenters. The molecule has 1 N–H and O–H groups in total. The van der Waals surface area contributed by atoms with Gasteiger partial charge in [0.25, 0.3) is 0 Å². The van der Waals surface area contributed by atoms with E-state index < -0.39 is 0 Å². The number of hydrogen-bond donors (Lipinski definition) is 1. The largest absolute Gasteiger partial charge is 0.378 e. The second kappa shape index (κ2) is 9.11. The van der Waals surface area contributed by atoms with Crippen molar-refractivity contribution in [2.75, 3.05) is 11.9 Å². The summed E-state index contributed by atoms with van der Waals surface area (Å²) in [5, 5.41) is 11.7. The number of benzene rings is 1. The van der Waals surface area contributed by atoms with E-state index in [1.807, 2.05) is 6.92 Å². The number of nitrogens with zero attached hydrogens (tertiary/aromatic N) is 1. The number of nitriles is 1. The molecule has 0 fully saturated rings. The molecule has 0 aliphatic heterocycles. The third kappa shape index (κ3) is 5.85. The highest BCUT2D eigenvalue weighted by Crippen LogP contribution is 2.14. The molecule has 0 aromatic heterocycles. The summed E-state index contributed by atoms with van der Waals surface area (Å²) in [6.45, 7) is 4.77. The van der Waals surface area contributed by atoms with Crippen molar-refractivity contribution in [2.45, 2.75) is 45.6 Å². The second-order valence-electron chi connectivity index (χ2n) is 4.78. The predicted molar refractivity (Wildman–Crippen MR) is 79.3 cm³/mol. The molecule has 0 aliphatic rings. The number of carbonyl (C=O) groups is 1. The van der Waals surface area contributed by atoms with Gasteiger partial charge < -0.3 is 10.1 Å². The van der Waals surface area contributed by atoms with Crippen molar-refractivity contribution < 1.29 is 9.53 Å². The zero-order valence-corrected chi connectivity index (χ0v) is 12.2. The molecule has 1 aromatic rings. The molecule has 20 heavy (non-hydrogen) atoms. The fourth-order valence-electron chi connectivity index (χ4n) is 1.91. The first-order valence-corrected chi connectivity index (χ1v) is 7.08. The predicted octanol–water partition coefficient (Wildman–Crippen LogP) is 3.48. The van der Waals surface area contributed by atoms with Crippen molar-refractivity contribution >= 4 is 11.6 Å². The Hall–Kier alpha value is -1.86. The van der Waals surface area contributed by atoms with Gasteiger partial charge in [-0.3, -0.25) is 4.79 Å². The summed E-state index contributed by atoms with van der Waals surface area (Å²) in [6.07, 6.45) is 3.49. The minimum atomic E-state index is -0.0838. The second-order valence-corrected chi connectivity index (χ2v) is 4.78. The van der Waals surface area contributed by atoms with Crippen molar-refractivity contribution in [3.05, 3.63) is 29.8 Å². The number of para-hydroxylation sites is 1. The van der Waals surface area contributed by atoms with E-state index in [2.05, 4.69) is 18.3 Å². The Balaban J connectivity index is 2.29. The lowest BCUT2D eigenvalue weighted by molar-refractivity contribution is -0.116. The van der Waals surface area contributed by atoms with E-state index in [-0.39, 0.29) is 12.0 Å². The zero-order chi connectivity index (χ0) is 14.8. The lowest BCUT2D eigenvalue weighted by Gasteiger charge is -2.11. The van der Waals surface area contributed by atoms with Crippen molar-refractivity contribution in [3.8, 4) is 6.07 Å². The van der Waals surface area contributed by atoms with E-state index in [1.165, 1.54) is 0 Å². The first-order valence-electron chi connectivity index (χ1n) is 7.08. The standard InChI is InChI=1S/C16H22N2O2/c1-3-7-13(2)20-11-6-10-16(19)18-15-9-5-4-8-14(15)12-17/h4-5,8-9,13H,3,6-7,10-11H2,1-2H3,(H,18,19). The molecule has 4 heteroatoms. The van der Waals surface area contributed by atoms with E-state index in [1.54, 1.807) is 24.3 Å². The van der Waals surface area contributed by atoms with Gasteiger partial charge in [0.1, 0.15) is 6.07 Å². The summed E-state index contributed by atoms with van der Waals surface area (Å²) in [7, 11) is 0. The Morgan fingerprint density at radius 3 is 2.90 bits per heavy atom. The monoisotopic (exact) mass is 274 g/mol.